The fourth-order valence-electron chi connectivity index (χ4n) is 2.16. The highest BCUT2D eigenvalue weighted by Crippen LogP contribution is 2.36. The molecule has 0 N–H and O–H groups in total. The van der Waals surface area contributed by atoms with Crippen LogP contribution in [0.3, 0.4) is 0 Å². The Bertz CT molecular complexity index is 611. The lowest BCUT2D eigenvalue weighted by Gasteiger charge is -2.28. The highest BCUT2D eigenvalue weighted by molar-refractivity contribution is 6.31. The summed E-state index contributed by atoms with van der Waals surface area (Å²) in [6.07, 6.45) is 0. The van der Waals surface area contributed by atoms with Crippen LogP contribution in [-0.4, -0.2) is 0 Å². The summed E-state index contributed by atoms with van der Waals surface area (Å²) in [4.78, 5) is 0. The molecule has 0 aliphatic heterocycles. The van der Waals surface area contributed by atoms with Crippen molar-refractivity contribution in [2.24, 2.45) is 5.41 Å². The minimum Gasteiger partial charge on any atom is -0.205 e. The van der Waals surface area contributed by atoms with Gasteiger partial charge in [0, 0.05) is 0 Å². The van der Waals surface area contributed by atoms with E-state index < -0.39 is 0 Å². The van der Waals surface area contributed by atoms with Crippen molar-refractivity contribution < 1.29 is 4.39 Å². The fourth-order valence-corrected chi connectivity index (χ4v) is 2.34. The van der Waals surface area contributed by atoms with Crippen molar-refractivity contribution in [2.45, 2.75) is 33.6 Å². The van der Waals surface area contributed by atoms with E-state index in [4.69, 9.17) is 11.6 Å². The normalized spacial score (nSPS) is 13.3. The molecule has 106 valence electrons. The maximum absolute atomic E-state index is 13.2. The van der Waals surface area contributed by atoms with Crippen LogP contribution in [0.4, 0.5) is 4.39 Å². The Labute approximate surface area is 125 Å². The molecular formula is C18H20ClF. The standard InChI is InChI=1S/C18H20ClF/c1-12(18(2,3)4)13-6-5-7-14(10-13)15-8-9-17(20)16(19)11-15/h5-12H,1-4H3/t12-/m0/s1. The zero-order valence-corrected chi connectivity index (χ0v) is 13.1. The molecule has 0 nitrogen and oxygen atoms in total. The maximum Gasteiger partial charge on any atom is 0.141 e. The van der Waals surface area contributed by atoms with Crippen molar-refractivity contribution in [1.29, 1.82) is 0 Å². The molecule has 0 fully saturated rings. The summed E-state index contributed by atoms with van der Waals surface area (Å²) in [6.45, 7) is 8.94. The second-order valence-electron chi connectivity index (χ2n) is 6.34. The van der Waals surface area contributed by atoms with E-state index in [2.05, 4.69) is 39.8 Å². The molecule has 0 saturated carbocycles. The third-order valence-electron chi connectivity index (χ3n) is 3.94. The molecule has 0 bridgehead atoms. The Hall–Kier alpha value is -1.34. The van der Waals surface area contributed by atoms with Gasteiger partial charge < -0.3 is 0 Å². The number of hydrogen-bond acceptors (Lipinski definition) is 0. The molecule has 20 heavy (non-hydrogen) atoms. The summed E-state index contributed by atoms with van der Waals surface area (Å²) < 4.78 is 13.2. The van der Waals surface area contributed by atoms with Crippen LogP contribution in [0.5, 0.6) is 0 Å². The van der Waals surface area contributed by atoms with Crippen molar-refractivity contribution in [3.05, 3.63) is 58.9 Å². The molecule has 0 amide bonds. The van der Waals surface area contributed by atoms with Crippen molar-refractivity contribution in [2.75, 3.05) is 0 Å². The predicted octanol–water partition coefficient (Wildman–Crippen LogP) is 6.30. The monoisotopic (exact) mass is 290 g/mol. The number of halogens is 2. The van der Waals surface area contributed by atoms with E-state index in [0.29, 0.717) is 5.92 Å². The maximum atomic E-state index is 13.2. The predicted molar refractivity (Wildman–Crippen MR) is 84.7 cm³/mol. The SMILES string of the molecule is C[C@@H](c1cccc(-c2ccc(F)c(Cl)c2)c1)C(C)(C)C. The van der Waals surface area contributed by atoms with Crippen LogP contribution in [0.2, 0.25) is 5.02 Å². The molecule has 2 heteroatoms. The van der Waals surface area contributed by atoms with Gasteiger partial charge in [0.25, 0.3) is 0 Å². The second-order valence-corrected chi connectivity index (χ2v) is 6.75. The Morgan fingerprint density at radius 1 is 1.00 bits per heavy atom. The van der Waals surface area contributed by atoms with E-state index in [0.717, 1.165) is 11.1 Å². The average molecular weight is 291 g/mol. The molecule has 1 atom stereocenters. The minimum atomic E-state index is -0.380. The number of benzene rings is 2. The van der Waals surface area contributed by atoms with Gasteiger partial charge in [-0.25, -0.2) is 4.39 Å². The van der Waals surface area contributed by atoms with E-state index >= 15 is 0 Å². The zero-order valence-electron chi connectivity index (χ0n) is 12.4. The van der Waals surface area contributed by atoms with Gasteiger partial charge in [-0.1, -0.05) is 69.6 Å². The number of rotatable bonds is 2. The smallest absolute Gasteiger partial charge is 0.141 e. The largest absolute Gasteiger partial charge is 0.205 e. The van der Waals surface area contributed by atoms with Crippen LogP contribution in [0.1, 0.15) is 39.2 Å². The van der Waals surface area contributed by atoms with Gasteiger partial charge in [0.05, 0.1) is 5.02 Å². The lowest BCUT2D eigenvalue weighted by Crippen LogP contribution is -2.15. The van der Waals surface area contributed by atoms with Crippen molar-refractivity contribution in [3.8, 4) is 11.1 Å². The van der Waals surface area contributed by atoms with E-state index in [9.17, 15) is 4.39 Å². The molecule has 0 aliphatic carbocycles. The van der Waals surface area contributed by atoms with E-state index in [-0.39, 0.29) is 16.3 Å². The lowest BCUT2D eigenvalue weighted by atomic mass is 9.77. The first-order valence-corrected chi connectivity index (χ1v) is 7.22. The second kappa shape index (κ2) is 5.57. The average Bonchev–Trinajstić information content (AvgIpc) is 2.40. The number of hydrogen-bond donors (Lipinski definition) is 0. The van der Waals surface area contributed by atoms with E-state index in [1.54, 1.807) is 12.1 Å². The van der Waals surface area contributed by atoms with Crippen molar-refractivity contribution >= 4 is 11.6 Å². The molecule has 0 aliphatic rings. The van der Waals surface area contributed by atoms with Gasteiger partial charge in [0.15, 0.2) is 0 Å². The molecule has 2 aromatic carbocycles. The highest BCUT2D eigenvalue weighted by Gasteiger charge is 2.21. The lowest BCUT2D eigenvalue weighted by molar-refractivity contribution is 0.339. The van der Waals surface area contributed by atoms with E-state index in [1.165, 1.54) is 11.6 Å². The summed E-state index contributed by atoms with van der Waals surface area (Å²) in [5, 5.41) is 0.164. The minimum absolute atomic E-state index is 0.164. The summed E-state index contributed by atoms with van der Waals surface area (Å²) in [5.74, 6) is 0.0630. The quantitative estimate of drug-likeness (QED) is 0.609. The van der Waals surface area contributed by atoms with Crippen molar-refractivity contribution in [3.63, 3.8) is 0 Å². The van der Waals surface area contributed by atoms with Crippen LogP contribution in [-0.2, 0) is 0 Å². The summed E-state index contributed by atoms with van der Waals surface area (Å²) in [5.41, 5.74) is 3.51. The highest BCUT2D eigenvalue weighted by atomic mass is 35.5. The summed E-state index contributed by atoms with van der Waals surface area (Å²) >= 11 is 5.86. The topological polar surface area (TPSA) is 0 Å². The first-order valence-electron chi connectivity index (χ1n) is 6.84. The van der Waals surface area contributed by atoms with Crippen molar-refractivity contribution in [1.82, 2.24) is 0 Å². The Balaban J connectivity index is 2.41. The van der Waals surface area contributed by atoms with Crippen LogP contribution in [0.15, 0.2) is 42.5 Å². The van der Waals surface area contributed by atoms with E-state index in [1.807, 2.05) is 12.1 Å². The van der Waals surface area contributed by atoms with Gasteiger partial charge in [-0.3, -0.25) is 0 Å². The molecule has 0 aromatic heterocycles. The molecular weight excluding hydrogens is 271 g/mol. The first kappa shape index (κ1) is 15.1. The zero-order chi connectivity index (χ0) is 14.9. The summed E-state index contributed by atoms with van der Waals surface area (Å²) in [6, 6.07) is 13.2. The molecule has 2 rings (SSSR count). The Morgan fingerprint density at radius 3 is 2.25 bits per heavy atom. The van der Waals surface area contributed by atoms with Gasteiger partial charge in [-0.05, 0) is 40.2 Å². The molecule has 0 unspecified atom stereocenters. The van der Waals surface area contributed by atoms with Gasteiger partial charge >= 0.3 is 0 Å². The molecule has 0 radical (unpaired) electrons. The first-order chi connectivity index (χ1) is 9.29. The Kier molecular flexibility index (Phi) is 4.19. The third-order valence-corrected chi connectivity index (χ3v) is 4.23. The Morgan fingerprint density at radius 2 is 1.65 bits per heavy atom. The molecule has 2 aromatic rings. The molecule has 0 saturated heterocycles. The summed E-state index contributed by atoms with van der Waals surface area (Å²) in [7, 11) is 0. The van der Waals surface area contributed by atoms with Crippen LogP contribution in [0, 0.1) is 11.2 Å². The van der Waals surface area contributed by atoms with Gasteiger partial charge in [0.2, 0.25) is 0 Å². The van der Waals surface area contributed by atoms with Gasteiger partial charge in [0.1, 0.15) is 5.82 Å². The van der Waals surface area contributed by atoms with Crippen LogP contribution >= 0.6 is 11.6 Å². The molecule has 0 spiro atoms. The fraction of sp³-hybridized carbons (Fsp3) is 0.333. The molecule has 0 heterocycles. The van der Waals surface area contributed by atoms with Crippen LogP contribution in [0.25, 0.3) is 11.1 Å². The van der Waals surface area contributed by atoms with Gasteiger partial charge in [-0.15, -0.1) is 0 Å². The van der Waals surface area contributed by atoms with Gasteiger partial charge in [-0.2, -0.15) is 0 Å². The third kappa shape index (κ3) is 3.21. The van der Waals surface area contributed by atoms with Crippen LogP contribution < -0.4 is 0 Å².